The first-order valence-electron chi connectivity index (χ1n) is 34.4. The van der Waals surface area contributed by atoms with E-state index < -0.39 is 232 Å². The van der Waals surface area contributed by atoms with Gasteiger partial charge in [-0.1, -0.05) is 60.1 Å². The van der Waals surface area contributed by atoms with Crippen LogP contribution in [-0.2, 0) is 66.4 Å². The topological polar surface area (TPSA) is 489 Å². The molecule has 0 bridgehead atoms. The fourth-order valence-electron chi connectivity index (χ4n) is 19.3. The van der Waals surface area contributed by atoms with Crippen LogP contribution in [0.4, 0.5) is 0 Å². The zero-order chi connectivity index (χ0) is 71.0. The molecule has 38 atom stereocenters. The molecule has 556 valence electrons. The van der Waals surface area contributed by atoms with Crippen molar-refractivity contribution in [2.24, 2.45) is 50.2 Å². The third-order valence-corrected chi connectivity index (χ3v) is 25.5. The molecule has 6 aliphatic heterocycles. The standard InChI is InChI=1S/C66H106O31/c1-24-34(69)38(73)45(80)54(86-24)92-48-26(3)88-56(47(82)44(48)79)95-51-41(76)37(72)30(23-68)90-58(51)97-60(85)66-19-17-61(4,5)21-28(66)27-11-12-32-63(8)15-14-33(62(6,7)31(63)13-16-65(32,10)64(27,9)18-20-66)91-59-52(43(78)42(77)49(93-59)53(83)84)96-57-50(40(75)36(71)29(22-67)89-57)94-55-46(81)39(74)35(70)25(2)87-55/h11,24-26,28-52,54-59,67-82H,12-23H2,1-10H3,(H,83,84). The van der Waals surface area contributed by atoms with Crippen molar-refractivity contribution < 1.29 is 153 Å². The number of aliphatic carboxylic acids is 1. The minimum Gasteiger partial charge on any atom is -0.479 e. The van der Waals surface area contributed by atoms with E-state index in [-0.39, 0.29) is 34.0 Å². The minimum absolute atomic E-state index is 0.0569. The van der Waals surface area contributed by atoms with E-state index in [1.165, 1.54) is 20.8 Å². The van der Waals surface area contributed by atoms with Gasteiger partial charge in [-0.15, -0.1) is 0 Å². The summed E-state index contributed by atoms with van der Waals surface area (Å²) in [5.74, 6) is -2.63. The van der Waals surface area contributed by atoms with E-state index in [2.05, 4.69) is 54.5 Å². The molecule has 38 unspecified atom stereocenters. The molecule has 0 spiro atoms. The Morgan fingerprint density at radius 1 is 0.464 bits per heavy atom. The van der Waals surface area contributed by atoms with Gasteiger partial charge >= 0.3 is 11.9 Å². The van der Waals surface area contributed by atoms with Gasteiger partial charge in [0.1, 0.15) is 116 Å². The number of rotatable bonds is 15. The summed E-state index contributed by atoms with van der Waals surface area (Å²) < 4.78 is 72.6. The van der Waals surface area contributed by atoms with E-state index in [0.717, 1.165) is 12.0 Å². The molecule has 5 aliphatic carbocycles. The molecule has 0 aromatic rings. The summed E-state index contributed by atoms with van der Waals surface area (Å²) >= 11 is 0. The Kier molecular flexibility index (Phi) is 21.8. The average molecular weight is 1400 g/mol. The maximum Gasteiger partial charge on any atom is 0.335 e. The summed E-state index contributed by atoms with van der Waals surface area (Å²) in [6, 6.07) is 0. The number of carbonyl (C=O) groups excluding carboxylic acids is 1. The molecule has 6 heterocycles. The van der Waals surface area contributed by atoms with Gasteiger partial charge in [-0.3, -0.25) is 4.79 Å². The Hall–Kier alpha value is -2.40. The van der Waals surface area contributed by atoms with Crippen LogP contribution in [0.15, 0.2) is 11.6 Å². The Morgan fingerprint density at radius 3 is 1.47 bits per heavy atom. The van der Waals surface area contributed by atoms with E-state index in [9.17, 15) is 91.6 Å². The highest BCUT2D eigenvalue weighted by Gasteiger charge is 2.71. The predicted octanol–water partition coefficient (Wildman–Crippen LogP) is -3.21. The molecule has 31 nitrogen and oxygen atoms in total. The summed E-state index contributed by atoms with van der Waals surface area (Å²) in [7, 11) is 0. The fourth-order valence-corrected chi connectivity index (χ4v) is 19.3. The van der Waals surface area contributed by atoms with E-state index in [1.54, 1.807) is 0 Å². The lowest BCUT2D eigenvalue weighted by atomic mass is 9.33. The SMILES string of the molecule is CC1OC(OC2C(C)OC(OC3C(OC(=O)C45CCC(C)(C)CC4C4=CCC6C7(C)CCC(OC8OC(C(=O)O)C(O)C(O)C8OC8OC(CO)C(O)C(O)C8OC8OC(C)C(O)C(O)C8O)C(C)(C)C7CCC6(C)C4(C)CC5)OC(CO)C(O)C3O)C(O)C2O)C(O)C(O)C1O. The van der Waals surface area contributed by atoms with Gasteiger partial charge < -0.3 is 144 Å². The van der Waals surface area contributed by atoms with Crippen molar-refractivity contribution in [3.05, 3.63) is 11.6 Å². The Bertz CT molecular complexity index is 2800. The van der Waals surface area contributed by atoms with Crippen molar-refractivity contribution in [3.63, 3.8) is 0 Å². The maximum atomic E-state index is 15.6. The molecule has 0 radical (unpaired) electrons. The molecule has 31 heteroatoms. The molecule has 0 amide bonds. The molecular weight excluding hydrogens is 1290 g/mol. The van der Waals surface area contributed by atoms with E-state index >= 15 is 4.79 Å². The minimum atomic E-state index is -2.12. The van der Waals surface area contributed by atoms with Crippen LogP contribution in [0.3, 0.4) is 0 Å². The molecule has 0 aromatic heterocycles. The Balaban J connectivity index is 0.823. The number of esters is 1. The number of carboxylic acids is 1. The first-order chi connectivity index (χ1) is 45.3. The molecule has 97 heavy (non-hydrogen) atoms. The fraction of sp³-hybridized carbons (Fsp3) is 0.939. The molecule has 17 N–H and O–H groups in total. The van der Waals surface area contributed by atoms with Crippen LogP contribution >= 0.6 is 0 Å². The van der Waals surface area contributed by atoms with Crippen LogP contribution in [0.5, 0.6) is 0 Å². The van der Waals surface area contributed by atoms with Crippen molar-refractivity contribution in [1.82, 2.24) is 0 Å². The van der Waals surface area contributed by atoms with E-state index in [4.69, 9.17) is 56.8 Å². The molecule has 0 aromatic carbocycles. The van der Waals surface area contributed by atoms with E-state index in [1.807, 2.05) is 0 Å². The second-order valence-corrected chi connectivity index (χ2v) is 31.9. The summed E-state index contributed by atoms with van der Waals surface area (Å²) in [4.78, 5) is 28.3. The highest BCUT2D eigenvalue weighted by Crippen LogP contribution is 2.76. The first kappa shape index (κ1) is 75.7. The van der Waals surface area contributed by atoms with Gasteiger partial charge in [-0.05, 0) is 130 Å². The molecule has 6 saturated heterocycles. The van der Waals surface area contributed by atoms with Crippen LogP contribution in [0.2, 0.25) is 0 Å². The Morgan fingerprint density at radius 2 is 0.928 bits per heavy atom. The van der Waals surface area contributed by atoms with Crippen LogP contribution < -0.4 is 0 Å². The number of fused-ring (bicyclic) bond motifs is 7. The highest BCUT2D eigenvalue weighted by atomic mass is 16.8. The third-order valence-electron chi connectivity index (χ3n) is 25.5. The van der Waals surface area contributed by atoms with Gasteiger partial charge in [0.15, 0.2) is 43.7 Å². The lowest BCUT2D eigenvalue weighted by Crippen LogP contribution is -2.68. The highest BCUT2D eigenvalue weighted by molar-refractivity contribution is 5.79. The Labute approximate surface area is 562 Å². The van der Waals surface area contributed by atoms with Crippen LogP contribution in [0, 0.1) is 50.2 Å². The van der Waals surface area contributed by atoms with Gasteiger partial charge in [0.05, 0.1) is 43.0 Å². The summed E-state index contributed by atoms with van der Waals surface area (Å²) in [5.41, 5.74) is -2.17. The van der Waals surface area contributed by atoms with Crippen LogP contribution in [0.25, 0.3) is 0 Å². The molecule has 10 fully saturated rings. The van der Waals surface area contributed by atoms with Crippen LogP contribution in [-0.4, -0.2) is 302 Å². The molecule has 4 saturated carbocycles. The quantitative estimate of drug-likeness (QED) is 0.0436. The smallest absolute Gasteiger partial charge is 0.335 e. The second-order valence-electron chi connectivity index (χ2n) is 31.9. The van der Waals surface area contributed by atoms with Crippen LogP contribution in [0.1, 0.15) is 133 Å². The normalized spacial score (nSPS) is 54.4. The number of carboxylic acid groups (broad SMARTS) is 1. The number of hydrogen-bond acceptors (Lipinski definition) is 30. The van der Waals surface area contributed by atoms with Gasteiger partial charge in [0, 0.05) is 0 Å². The largest absolute Gasteiger partial charge is 0.479 e. The number of carbonyl (C=O) groups is 2. The van der Waals surface area contributed by atoms with Gasteiger partial charge in [0.2, 0.25) is 6.29 Å². The molecule has 11 rings (SSSR count). The summed E-state index contributed by atoms with van der Waals surface area (Å²) in [5, 5.41) is 186. The number of aliphatic hydroxyl groups is 16. The summed E-state index contributed by atoms with van der Waals surface area (Å²) in [6.45, 7) is 18.0. The second kappa shape index (κ2) is 27.9. The van der Waals surface area contributed by atoms with Crippen molar-refractivity contribution in [3.8, 4) is 0 Å². The number of hydrogen-bond donors (Lipinski definition) is 17. The van der Waals surface area contributed by atoms with E-state index in [0.29, 0.717) is 57.8 Å². The predicted molar refractivity (Wildman–Crippen MR) is 324 cm³/mol. The third kappa shape index (κ3) is 12.9. The van der Waals surface area contributed by atoms with Crippen molar-refractivity contribution >= 4 is 11.9 Å². The summed E-state index contributed by atoms with van der Waals surface area (Å²) in [6.07, 6.45) is -43.9. The zero-order valence-electron chi connectivity index (χ0n) is 56.5. The lowest BCUT2D eigenvalue weighted by Gasteiger charge is -2.71. The first-order valence-corrected chi connectivity index (χ1v) is 34.4. The molecular formula is C66H106O31. The van der Waals surface area contributed by atoms with Gasteiger partial charge in [-0.2, -0.15) is 0 Å². The number of allylic oxidation sites excluding steroid dienone is 2. The van der Waals surface area contributed by atoms with Crippen molar-refractivity contribution in [2.75, 3.05) is 13.2 Å². The van der Waals surface area contributed by atoms with Crippen molar-refractivity contribution in [2.45, 2.75) is 324 Å². The van der Waals surface area contributed by atoms with Gasteiger partial charge in [0.25, 0.3) is 0 Å². The van der Waals surface area contributed by atoms with Gasteiger partial charge in [-0.25, -0.2) is 4.79 Å². The molecule has 11 aliphatic rings. The monoisotopic (exact) mass is 1390 g/mol. The zero-order valence-corrected chi connectivity index (χ0v) is 56.5. The average Bonchev–Trinajstić information content (AvgIpc) is 0.675. The maximum absolute atomic E-state index is 15.6. The lowest BCUT2D eigenvalue weighted by molar-refractivity contribution is -0.395. The number of ether oxygens (including phenoxy) is 12. The number of aliphatic hydroxyl groups excluding tert-OH is 16. The van der Waals surface area contributed by atoms with Crippen molar-refractivity contribution in [1.29, 1.82) is 0 Å².